The van der Waals surface area contributed by atoms with Gasteiger partial charge in [-0.05, 0) is 49.4 Å². The minimum Gasteiger partial charge on any atom is -0.497 e. The van der Waals surface area contributed by atoms with Crippen LogP contribution in [0, 0.1) is 0 Å². The van der Waals surface area contributed by atoms with Gasteiger partial charge in [0.2, 0.25) is 5.91 Å². The van der Waals surface area contributed by atoms with Crippen molar-refractivity contribution in [2.24, 2.45) is 0 Å². The summed E-state index contributed by atoms with van der Waals surface area (Å²) in [5.41, 5.74) is 3.20. The maximum atomic E-state index is 13.0. The Hall–Kier alpha value is -2.33. The van der Waals surface area contributed by atoms with Gasteiger partial charge in [-0.3, -0.25) is 9.69 Å². The van der Waals surface area contributed by atoms with E-state index in [0.29, 0.717) is 6.04 Å². The zero-order chi connectivity index (χ0) is 17.4. The second kappa shape index (κ2) is 6.19. The fraction of sp³-hybridized carbons (Fsp3) is 0.381. The predicted molar refractivity (Wildman–Crippen MR) is 99.0 cm³/mol. The third-order valence-electron chi connectivity index (χ3n) is 5.76. The minimum absolute atomic E-state index is 0.0722. The van der Waals surface area contributed by atoms with E-state index in [1.165, 1.54) is 11.1 Å². The number of ether oxygens (including phenoxy) is 1. The lowest BCUT2D eigenvalue weighted by atomic mass is 9.83. The van der Waals surface area contributed by atoms with E-state index in [-0.39, 0.29) is 5.91 Å². The molecule has 4 rings (SSSR count). The average molecular weight is 336 g/mol. The van der Waals surface area contributed by atoms with Gasteiger partial charge in [0.05, 0.1) is 12.6 Å². The highest BCUT2D eigenvalue weighted by molar-refractivity contribution is 5.98. The molecular weight excluding hydrogens is 312 g/mol. The summed E-state index contributed by atoms with van der Waals surface area (Å²) in [6.07, 6.45) is 2.98. The molecule has 0 saturated carbocycles. The summed E-state index contributed by atoms with van der Waals surface area (Å²) in [6.45, 7) is 3.05. The van der Waals surface area contributed by atoms with Gasteiger partial charge in [-0.15, -0.1) is 0 Å². The maximum absolute atomic E-state index is 13.0. The van der Waals surface area contributed by atoms with Crippen LogP contribution in [0.4, 0.5) is 5.69 Å². The molecule has 0 radical (unpaired) electrons. The van der Waals surface area contributed by atoms with E-state index in [4.69, 9.17) is 4.74 Å². The van der Waals surface area contributed by atoms with E-state index in [0.717, 1.165) is 37.2 Å². The molecule has 1 aliphatic carbocycles. The highest BCUT2D eigenvalue weighted by atomic mass is 16.5. The third kappa shape index (κ3) is 2.81. The molecule has 1 amide bonds. The summed E-state index contributed by atoms with van der Waals surface area (Å²) in [6, 6.07) is 16.6. The van der Waals surface area contributed by atoms with Crippen LogP contribution in [0.3, 0.4) is 0 Å². The lowest BCUT2D eigenvalue weighted by molar-refractivity contribution is -0.138. The standard InChI is InChI=1S/C21H24N2O2/c1-21(20(24)22-17-8-5-9-19(14-17)25-2)10-11-23(21)18-12-15-6-3-4-7-16(15)13-18/h3-9,14,18H,10-13H2,1-2H3,(H,22,24). The molecule has 25 heavy (non-hydrogen) atoms. The first-order valence-corrected chi connectivity index (χ1v) is 8.89. The third-order valence-corrected chi connectivity index (χ3v) is 5.76. The van der Waals surface area contributed by atoms with Crippen LogP contribution < -0.4 is 10.1 Å². The van der Waals surface area contributed by atoms with E-state index in [9.17, 15) is 4.79 Å². The molecular formula is C21H24N2O2. The van der Waals surface area contributed by atoms with Crippen molar-refractivity contribution in [1.82, 2.24) is 4.90 Å². The molecule has 2 aliphatic rings. The highest BCUT2D eigenvalue weighted by Gasteiger charge is 2.50. The van der Waals surface area contributed by atoms with E-state index < -0.39 is 5.54 Å². The maximum Gasteiger partial charge on any atom is 0.244 e. The van der Waals surface area contributed by atoms with E-state index in [1.54, 1.807) is 7.11 Å². The molecule has 1 saturated heterocycles. The Morgan fingerprint density at radius 2 is 1.88 bits per heavy atom. The Labute approximate surface area is 148 Å². The summed E-state index contributed by atoms with van der Waals surface area (Å²) >= 11 is 0. The van der Waals surface area contributed by atoms with Crippen LogP contribution in [-0.2, 0) is 17.6 Å². The van der Waals surface area contributed by atoms with Crippen molar-refractivity contribution in [3.05, 3.63) is 59.7 Å². The Bertz CT molecular complexity index is 779. The van der Waals surface area contributed by atoms with Crippen molar-refractivity contribution < 1.29 is 9.53 Å². The number of nitrogens with one attached hydrogen (secondary N) is 1. The summed E-state index contributed by atoms with van der Waals surface area (Å²) in [7, 11) is 1.63. The van der Waals surface area contributed by atoms with Crippen molar-refractivity contribution in [3.8, 4) is 5.75 Å². The van der Waals surface area contributed by atoms with Crippen LogP contribution in [0.5, 0.6) is 5.75 Å². The minimum atomic E-state index is -0.435. The lowest BCUT2D eigenvalue weighted by Gasteiger charge is -2.52. The predicted octanol–water partition coefficient (Wildman–Crippen LogP) is 3.27. The van der Waals surface area contributed by atoms with Crippen LogP contribution >= 0.6 is 0 Å². The number of hydrogen-bond donors (Lipinski definition) is 1. The smallest absolute Gasteiger partial charge is 0.244 e. The van der Waals surface area contributed by atoms with Crippen LogP contribution in [0.15, 0.2) is 48.5 Å². The zero-order valence-electron chi connectivity index (χ0n) is 14.8. The molecule has 1 aliphatic heterocycles. The molecule has 1 unspecified atom stereocenters. The first kappa shape index (κ1) is 16.2. The SMILES string of the molecule is COc1cccc(NC(=O)C2(C)CCN2C2Cc3ccccc3C2)c1. The van der Waals surface area contributed by atoms with E-state index in [1.807, 2.05) is 24.3 Å². The Morgan fingerprint density at radius 1 is 1.16 bits per heavy atom. The summed E-state index contributed by atoms with van der Waals surface area (Å²) in [4.78, 5) is 15.3. The molecule has 0 bridgehead atoms. The molecule has 4 heteroatoms. The van der Waals surface area contributed by atoms with Gasteiger partial charge in [0.1, 0.15) is 5.75 Å². The number of benzene rings is 2. The topological polar surface area (TPSA) is 41.6 Å². The quantitative estimate of drug-likeness (QED) is 0.932. The lowest BCUT2D eigenvalue weighted by Crippen LogP contribution is -2.67. The van der Waals surface area contributed by atoms with Gasteiger partial charge < -0.3 is 10.1 Å². The molecule has 1 fully saturated rings. The molecule has 2 aromatic rings. The molecule has 1 N–H and O–H groups in total. The van der Waals surface area contributed by atoms with E-state index in [2.05, 4.69) is 41.4 Å². The number of hydrogen-bond acceptors (Lipinski definition) is 3. The van der Waals surface area contributed by atoms with Gasteiger partial charge in [-0.1, -0.05) is 30.3 Å². The Morgan fingerprint density at radius 3 is 2.48 bits per heavy atom. The number of fused-ring (bicyclic) bond motifs is 1. The van der Waals surface area contributed by atoms with Crippen LogP contribution in [0.1, 0.15) is 24.5 Å². The molecule has 0 aromatic heterocycles. The number of carbonyl (C=O) groups excluding carboxylic acids is 1. The number of amides is 1. The largest absolute Gasteiger partial charge is 0.497 e. The van der Waals surface area contributed by atoms with Crippen molar-refractivity contribution in [3.63, 3.8) is 0 Å². The Kier molecular flexibility index (Phi) is 4.00. The first-order valence-electron chi connectivity index (χ1n) is 8.89. The van der Waals surface area contributed by atoms with Gasteiger partial charge in [0.25, 0.3) is 0 Å². The van der Waals surface area contributed by atoms with Gasteiger partial charge in [-0.25, -0.2) is 0 Å². The van der Waals surface area contributed by atoms with Gasteiger partial charge >= 0.3 is 0 Å². The Balaban J connectivity index is 1.47. The van der Waals surface area contributed by atoms with Gasteiger partial charge in [-0.2, -0.15) is 0 Å². The number of anilines is 1. The molecule has 2 aromatic carbocycles. The average Bonchev–Trinajstić information content (AvgIpc) is 3.03. The van der Waals surface area contributed by atoms with Gasteiger partial charge in [0.15, 0.2) is 0 Å². The number of methoxy groups -OCH3 is 1. The normalized spacial score (nSPS) is 23.0. The monoisotopic (exact) mass is 336 g/mol. The number of likely N-dealkylation sites (tertiary alicyclic amines) is 1. The number of rotatable bonds is 4. The van der Waals surface area contributed by atoms with Crippen molar-refractivity contribution in [1.29, 1.82) is 0 Å². The summed E-state index contributed by atoms with van der Waals surface area (Å²) in [5.74, 6) is 0.822. The number of nitrogens with zero attached hydrogens (tertiary/aromatic N) is 1. The van der Waals surface area contributed by atoms with Crippen LogP contribution in [0.2, 0.25) is 0 Å². The molecule has 130 valence electrons. The fourth-order valence-corrected chi connectivity index (χ4v) is 4.13. The summed E-state index contributed by atoms with van der Waals surface area (Å²) in [5, 5.41) is 3.07. The van der Waals surface area contributed by atoms with Crippen molar-refractivity contribution >= 4 is 11.6 Å². The second-order valence-electron chi connectivity index (χ2n) is 7.23. The highest BCUT2D eigenvalue weighted by Crippen LogP contribution is 2.38. The van der Waals surface area contributed by atoms with Crippen molar-refractivity contribution in [2.45, 2.75) is 37.8 Å². The van der Waals surface area contributed by atoms with Crippen LogP contribution in [-0.4, -0.2) is 36.0 Å². The molecule has 0 spiro atoms. The van der Waals surface area contributed by atoms with Crippen LogP contribution in [0.25, 0.3) is 0 Å². The first-order chi connectivity index (χ1) is 12.1. The van der Waals surface area contributed by atoms with Gasteiger partial charge in [0, 0.05) is 24.3 Å². The van der Waals surface area contributed by atoms with E-state index >= 15 is 0 Å². The summed E-state index contributed by atoms with van der Waals surface area (Å²) < 4.78 is 5.24. The second-order valence-corrected chi connectivity index (χ2v) is 7.23. The molecule has 1 heterocycles. The molecule has 4 nitrogen and oxygen atoms in total. The zero-order valence-corrected chi connectivity index (χ0v) is 14.8. The van der Waals surface area contributed by atoms with Crippen molar-refractivity contribution in [2.75, 3.05) is 19.0 Å². The fourth-order valence-electron chi connectivity index (χ4n) is 4.13. The molecule has 1 atom stereocenters. The number of carbonyl (C=O) groups is 1.